The van der Waals surface area contributed by atoms with Gasteiger partial charge in [0.05, 0.1) is 17.3 Å². The van der Waals surface area contributed by atoms with E-state index in [-0.39, 0.29) is 6.03 Å². The molecule has 17 heavy (non-hydrogen) atoms. The van der Waals surface area contributed by atoms with Gasteiger partial charge in [-0.05, 0) is 18.6 Å². The van der Waals surface area contributed by atoms with Crippen molar-refractivity contribution in [1.82, 2.24) is 10.6 Å². The lowest BCUT2D eigenvalue weighted by atomic mass is 10.2. The molecule has 2 amide bonds. The molecule has 0 saturated carbocycles. The summed E-state index contributed by atoms with van der Waals surface area (Å²) in [6.07, 6.45) is 0. The maximum atomic E-state index is 11.7. The van der Waals surface area contributed by atoms with Crippen LogP contribution in [0, 0.1) is 6.92 Å². The summed E-state index contributed by atoms with van der Waals surface area (Å²) in [5, 5.41) is 8.78. The van der Waals surface area contributed by atoms with Gasteiger partial charge in [-0.1, -0.05) is 23.7 Å². The van der Waals surface area contributed by atoms with Gasteiger partial charge in [0, 0.05) is 6.54 Å². The normalized spacial score (nSPS) is 13.9. The van der Waals surface area contributed by atoms with Crippen molar-refractivity contribution in [2.45, 2.75) is 6.92 Å². The Morgan fingerprint density at radius 1 is 1.47 bits per heavy atom. The third kappa shape index (κ3) is 2.88. The van der Waals surface area contributed by atoms with Crippen LogP contribution in [0.4, 0.5) is 10.5 Å². The van der Waals surface area contributed by atoms with Gasteiger partial charge >= 0.3 is 6.03 Å². The van der Waals surface area contributed by atoms with Gasteiger partial charge < -0.3 is 10.6 Å². The fraction of sp³-hybridized carbons (Fsp3) is 0.273. The number of guanidine groups is 1. The van der Waals surface area contributed by atoms with E-state index >= 15 is 0 Å². The Morgan fingerprint density at radius 3 is 2.94 bits per heavy atom. The molecule has 6 heteroatoms. The molecule has 0 saturated heterocycles. The van der Waals surface area contributed by atoms with Crippen LogP contribution in [0.2, 0.25) is 5.02 Å². The number of para-hydroxylation sites is 1. The number of aliphatic imine (C=N–C) groups is 1. The Labute approximate surface area is 104 Å². The molecule has 1 heterocycles. The molecule has 3 N–H and O–H groups in total. The lowest BCUT2D eigenvalue weighted by molar-refractivity contribution is 0.256. The Kier molecular flexibility index (Phi) is 3.49. The molecule has 0 fully saturated rings. The van der Waals surface area contributed by atoms with Crippen LogP contribution in [0.3, 0.4) is 0 Å². The summed E-state index contributed by atoms with van der Waals surface area (Å²) in [5.41, 5.74) is 1.53. The first-order chi connectivity index (χ1) is 8.16. The van der Waals surface area contributed by atoms with Crippen molar-refractivity contribution in [1.29, 1.82) is 0 Å². The Bertz CT molecular complexity index is 452. The fourth-order valence-electron chi connectivity index (χ4n) is 1.52. The highest BCUT2D eigenvalue weighted by Gasteiger charge is 2.11. The standard InChI is InChI=1S/C11H13ClN4O/c1-7-3-2-4-8(12)9(7)15-11(17)16-10-13-5-6-14-10/h2-4H,5-6H2,1H3,(H3,13,14,15,16,17). The molecule has 0 spiro atoms. The van der Waals surface area contributed by atoms with Crippen LogP contribution in [0.15, 0.2) is 23.2 Å². The molecule has 0 aromatic heterocycles. The number of nitrogens with zero attached hydrogens (tertiary/aromatic N) is 1. The van der Waals surface area contributed by atoms with E-state index < -0.39 is 0 Å². The zero-order valence-corrected chi connectivity index (χ0v) is 10.1. The molecule has 1 aliphatic rings. The highest BCUT2D eigenvalue weighted by atomic mass is 35.5. The summed E-state index contributed by atoms with van der Waals surface area (Å²) in [6.45, 7) is 3.31. The van der Waals surface area contributed by atoms with E-state index in [4.69, 9.17) is 11.6 Å². The number of halogens is 1. The summed E-state index contributed by atoms with van der Waals surface area (Å²) in [7, 11) is 0. The maximum Gasteiger partial charge on any atom is 0.326 e. The van der Waals surface area contributed by atoms with Gasteiger partial charge in [0.1, 0.15) is 0 Å². The molecule has 0 unspecified atom stereocenters. The van der Waals surface area contributed by atoms with Crippen LogP contribution >= 0.6 is 11.6 Å². The van der Waals surface area contributed by atoms with Crippen molar-refractivity contribution in [3.05, 3.63) is 28.8 Å². The molecule has 1 aliphatic heterocycles. The number of benzene rings is 1. The topological polar surface area (TPSA) is 65.5 Å². The van der Waals surface area contributed by atoms with E-state index in [2.05, 4.69) is 20.9 Å². The number of nitrogens with one attached hydrogen (secondary N) is 3. The first kappa shape index (κ1) is 11.7. The van der Waals surface area contributed by atoms with Crippen LogP contribution in [0.25, 0.3) is 0 Å². The fourth-order valence-corrected chi connectivity index (χ4v) is 1.79. The number of rotatable bonds is 1. The minimum Gasteiger partial charge on any atom is -0.354 e. The SMILES string of the molecule is Cc1cccc(Cl)c1NC(=O)NC1=NCCN1. The van der Waals surface area contributed by atoms with Crippen molar-refractivity contribution in [2.75, 3.05) is 18.4 Å². The molecule has 0 radical (unpaired) electrons. The van der Waals surface area contributed by atoms with E-state index in [1.54, 1.807) is 6.07 Å². The van der Waals surface area contributed by atoms with E-state index in [9.17, 15) is 4.79 Å². The van der Waals surface area contributed by atoms with Crippen LogP contribution in [-0.4, -0.2) is 25.1 Å². The Balaban J connectivity index is 2.02. The Morgan fingerprint density at radius 2 is 2.29 bits per heavy atom. The maximum absolute atomic E-state index is 11.7. The third-order valence-electron chi connectivity index (χ3n) is 2.37. The molecule has 5 nitrogen and oxygen atoms in total. The average molecular weight is 253 g/mol. The van der Waals surface area contributed by atoms with Gasteiger partial charge in [0.15, 0.2) is 5.96 Å². The van der Waals surface area contributed by atoms with Crippen LogP contribution < -0.4 is 16.0 Å². The van der Waals surface area contributed by atoms with Gasteiger partial charge in [0.25, 0.3) is 0 Å². The number of amides is 2. The molecule has 1 aromatic carbocycles. The predicted molar refractivity (Wildman–Crippen MR) is 68.6 cm³/mol. The first-order valence-corrected chi connectivity index (χ1v) is 5.66. The molecule has 0 atom stereocenters. The van der Waals surface area contributed by atoms with Gasteiger partial charge in [0.2, 0.25) is 0 Å². The molecule has 0 bridgehead atoms. The van der Waals surface area contributed by atoms with Gasteiger partial charge in [-0.2, -0.15) is 0 Å². The quantitative estimate of drug-likeness (QED) is 0.713. The van der Waals surface area contributed by atoms with Crippen molar-refractivity contribution in [3.8, 4) is 0 Å². The zero-order valence-electron chi connectivity index (χ0n) is 9.38. The smallest absolute Gasteiger partial charge is 0.326 e. The van der Waals surface area contributed by atoms with E-state index in [1.807, 2.05) is 19.1 Å². The lowest BCUT2D eigenvalue weighted by Gasteiger charge is -2.11. The number of carbonyl (C=O) groups is 1. The largest absolute Gasteiger partial charge is 0.354 e. The second-order valence-corrected chi connectivity index (χ2v) is 4.08. The monoisotopic (exact) mass is 252 g/mol. The minimum absolute atomic E-state index is 0.352. The van der Waals surface area contributed by atoms with Gasteiger partial charge in [-0.15, -0.1) is 0 Å². The zero-order chi connectivity index (χ0) is 12.3. The number of hydrogen-bond donors (Lipinski definition) is 3. The van der Waals surface area contributed by atoms with Crippen LogP contribution in [0.1, 0.15) is 5.56 Å². The number of anilines is 1. The van der Waals surface area contributed by atoms with Gasteiger partial charge in [-0.25, -0.2) is 4.79 Å². The summed E-state index contributed by atoms with van der Waals surface area (Å²) in [5.74, 6) is 0.493. The van der Waals surface area contributed by atoms with E-state index in [0.717, 1.165) is 12.1 Å². The highest BCUT2D eigenvalue weighted by molar-refractivity contribution is 6.34. The summed E-state index contributed by atoms with van der Waals surface area (Å²) < 4.78 is 0. The second kappa shape index (κ2) is 5.05. The highest BCUT2D eigenvalue weighted by Crippen LogP contribution is 2.24. The number of urea groups is 1. The van der Waals surface area contributed by atoms with E-state index in [0.29, 0.717) is 23.2 Å². The number of aryl methyl sites for hydroxylation is 1. The number of hydrogen-bond acceptors (Lipinski definition) is 3. The average Bonchev–Trinajstić information content (AvgIpc) is 2.76. The molecular formula is C11H13ClN4O. The molecule has 2 rings (SSSR count). The molecular weight excluding hydrogens is 240 g/mol. The van der Waals surface area contributed by atoms with E-state index in [1.165, 1.54) is 0 Å². The van der Waals surface area contributed by atoms with Gasteiger partial charge in [-0.3, -0.25) is 10.3 Å². The first-order valence-electron chi connectivity index (χ1n) is 5.28. The third-order valence-corrected chi connectivity index (χ3v) is 2.68. The lowest BCUT2D eigenvalue weighted by Crippen LogP contribution is -2.40. The van der Waals surface area contributed by atoms with Crippen molar-refractivity contribution in [2.24, 2.45) is 4.99 Å². The summed E-state index contributed by atoms with van der Waals surface area (Å²) in [6, 6.07) is 5.10. The predicted octanol–water partition coefficient (Wildman–Crippen LogP) is 1.73. The van der Waals surface area contributed by atoms with Crippen LogP contribution in [-0.2, 0) is 0 Å². The summed E-state index contributed by atoms with van der Waals surface area (Å²) >= 11 is 6.00. The van der Waals surface area contributed by atoms with Crippen molar-refractivity contribution >= 4 is 29.3 Å². The molecule has 0 aliphatic carbocycles. The Hall–Kier alpha value is -1.75. The number of carbonyl (C=O) groups excluding carboxylic acids is 1. The second-order valence-electron chi connectivity index (χ2n) is 3.67. The minimum atomic E-state index is -0.352. The van der Waals surface area contributed by atoms with Crippen molar-refractivity contribution < 1.29 is 4.79 Å². The molecule has 1 aromatic rings. The van der Waals surface area contributed by atoms with Crippen LogP contribution in [0.5, 0.6) is 0 Å². The summed E-state index contributed by atoms with van der Waals surface area (Å²) in [4.78, 5) is 15.7. The van der Waals surface area contributed by atoms with Crippen molar-refractivity contribution in [3.63, 3.8) is 0 Å². The molecule has 90 valence electrons.